The fourth-order valence-corrected chi connectivity index (χ4v) is 5.54. The number of benzene rings is 2. The van der Waals surface area contributed by atoms with Gasteiger partial charge in [0, 0.05) is 5.69 Å². The third kappa shape index (κ3) is 3.47. The second kappa shape index (κ2) is 9.18. The van der Waals surface area contributed by atoms with Gasteiger partial charge in [-0.25, -0.2) is 10.9 Å². The topological polar surface area (TPSA) is 150 Å². The van der Waals surface area contributed by atoms with E-state index in [1.165, 1.54) is 4.90 Å². The summed E-state index contributed by atoms with van der Waals surface area (Å²) < 4.78 is 11.7. The molecule has 4 atom stereocenters. The lowest BCUT2D eigenvalue weighted by molar-refractivity contribution is -0.137. The van der Waals surface area contributed by atoms with Gasteiger partial charge in [0.15, 0.2) is 6.23 Å². The number of carboxylic acids is 1. The van der Waals surface area contributed by atoms with Crippen LogP contribution in [0.2, 0.25) is 0 Å². The molecule has 1 fully saturated rings. The molecule has 5 rings (SSSR count). The smallest absolute Gasteiger partial charge is 0.323 e. The predicted molar refractivity (Wildman–Crippen MR) is 129 cm³/mol. The summed E-state index contributed by atoms with van der Waals surface area (Å²) in [6.45, 7) is 2.19. The first kappa shape index (κ1) is 23.7. The van der Waals surface area contributed by atoms with E-state index in [1.54, 1.807) is 24.3 Å². The van der Waals surface area contributed by atoms with E-state index in [1.807, 2.05) is 24.3 Å². The summed E-state index contributed by atoms with van der Waals surface area (Å²) in [6, 6.07) is 16.1. The van der Waals surface area contributed by atoms with Gasteiger partial charge in [-0.2, -0.15) is 5.26 Å². The molecule has 10 nitrogen and oxygen atoms in total. The monoisotopic (exact) mass is 489 g/mol. The number of aliphatic carboxylic acids is 1. The Morgan fingerprint density at radius 2 is 2.00 bits per heavy atom. The van der Waals surface area contributed by atoms with Crippen LogP contribution < -0.4 is 26.2 Å². The molecule has 0 radical (unpaired) electrons. The summed E-state index contributed by atoms with van der Waals surface area (Å²) in [5, 5.41) is 19.7. The van der Waals surface area contributed by atoms with Gasteiger partial charge >= 0.3 is 5.97 Å². The Morgan fingerprint density at radius 1 is 1.25 bits per heavy atom. The Kier molecular flexibility index (Phi) is 6.04. The minimum Gasteiger partial charge on any atom is -0.494 e. The van der Waals surface area contributed by atoms with E-state index in [2.05, 4.69) is 23.8 Å². The molecule has 3 aliphatic rings. The molecule has 36 heavy (non-hydrogen) atoms. The number of hydrogen-bond donors (Lipinski definition) is 4. The Hall–Kier alpha value is -4.07. The number of carboxylic acid groups (broad SMARTS) is 1. The Labute approximate surface area is 208 Å². The summed E-state index contributed by atoms with van der Waals surface area (Å²) in [7, 11) is 0. The second-order valence-corrected chi connectivity index (χ2v) is 9.06. The number of hydrazine groups is 1. The molecule has 1 spiro atoms. The van der Waals surface area contributed by atoms with Crippen molar-refractivity contribution < 1.29 is 24.2 Å². The van der Waals surface area contributed by atoms with E-state index >= 15 is 0 Å². The lowest BCUT2D eigenvalue weighted by Crippen LogP contribution is -2.56. The minimum atomic E-state index is -1.54. The van der Waals surface area contributed by atoms with Gasteiger partial charge in [-0.05, 0) is 35.7 Å². The van der Waals surface area contributed by atoms with Gasteiger partial charge in [0.1, 0.15) is 29.4 Å². The highest BCUT2D eigenvalue weighted by Gasteiger charge is 2.67. The average molecular weight is 490 g/mol. The zero-order valence-corrected chi connectivity index (χ0v) is 19.7. The standard InChI is InChI=1S/C26H27N5O5/c1-2-3-12-35-16-10-8-15(9-11-16)22-21-24(30-29-22)36-23(28)18(13-27)26(21)17-6-4-5-7-19(17)31(25(26)34)14-20(32)33/h4-11,21-22,24,29-30H,2-3,12,14,28H2,1H3,(H,32,33). The molecule has 0 aliphatic carbocycles. The maximum Gasteiger partial charge on any atom is 0.323 e. The maximum atomic E-state index is 14.2. The normalized spacial score (nSPS) is 26.4. The van der Waals surface area contributed by atoms with Crippen LogP contribution in [0.4, 0.5) is 5.69 Å². The summed E-state index contributed by atoms with van der Waals surface area (Å²) in [6.07, 6.45) is 1.25. The summed E-state index contributed by atoms with van der Waals surface area (Å²) >= 11 is 0. The maximum absolute atomic E-state index is 14.2. The zero-order valence-electron chi connectivity index (χ0n) is 19.7. The molecule has 2 aromatic carbocycles. The van der Waals surface area contributed by atoms with Crippen LogP contribution in [0, 0.1) is 17.2 Å². The molecule has 1 saturated heterocycles. The van der Waals surface area contributed by atoms with E-state index in [4.69, 9.17) is 15.2 Å². The highest BCUT2D eigenvalue weighted by atomic mass is 16.5. The lowest BCUT2D eigenvalue weighted by atomic mass is 9.62. The number of fused-ring (bicyclic) bond motifs is 4. The highest BCUT2D eigenvalue weighted by Crippen LogP contribution is 2.58. The van der Waals surface area contributed by atoms with Crippen molar-refractivity contribution in [2.45, 2.75) is 37.5 Å². The fraction of sp³-hybridized carbons (Fsp3) is 0.346. The number of para-hydroxylation sites is 1. The number of carbonyl (C=O) groups is 2. The molecule has 0 saturated carbocycles. The van der Waals surface area contributed by atoms with Gasteiger partial charge in [0.05, 0.1) is 18.6 Å². The summed E-state index contributed by atoms with van der Waals surface area (Å²) in [5.74, 6) is -1.74. The van der Waals surface area contributed by atoms with Crippen molar-refractivity contribution in [3.63, 3.8) is 0 Å². The number of amides is 1. The van der Waals surface area contributed by atoms with E-state index < -0.39 is 42.0 Å². The van der Waals surface area contributed by atoms with Crippen molar-refractivity contribution in [1.82, 2.24) is 10.9 Å². The van der Waals surface area contributed by atoms with Gasteiger partial charge in [-0.15, -0.1) is 0 Å². The van der Waals surface area contributed by atoms with Gasteiger partial charge in [-0.3, -0.25) is 14.5 Å². The third-order valence-corrected chi connectivity index (χ3v) is 7.07. The van der Waals surface area contributed by atoms with Crippen LogP contribution in [-0.4, -0.2) is 36.4 Å². The Bertz CT molecular complexity index is 1270. The van der Waals surface area contributed by atoms with Crippen molar-refractivity contribution in [1.29, 1.82) is 5.26 Å². The molecule has 1 amide bonds. The molecule has 0 bridgehead atoms. The number of rotatable bonds is 7. The number of nitrogens with zero attached hydrogens (tertiary/aromatic N) is 2. The van der Waals surface area contributed by atoms with Crippen LogP contribution in [0.15, 0.2) is 60.0 Å². The zero-order chi connectivity index (χ0) is 25.4. The third-order valence-electron chi connectivity index (χ3n) is 7.07. The molecule has 5 N–H and O–H groups in total. The molecular formula is C26H27N5O5. The molecule has 4 unspecified atom stereocenters. The molecule has 2 aromatic rings. The van der Waals surface area contributed by atoms with E-state index in [9.17, 15) is 20.0 Å². The lowest BCUT2D eigenvalue weighted by Gasteiger charge is -2.42. The molecule has 3 heterocycles. The van der Waals surface area contributed by atoms with Gasteiger partial charge in [0.2, 0.25) is 11.8 Å². The first-order valence-electron chi connectivity index (χ1n) is 11.9. The van der Waals surface area contributed by atoms with Crippen LogP contribution in [0.1, 0.15) is 36.9 Å². The van der Waals surface area contributed by atoms with Gasteiger partial charge in [0.25, 0.3) is 0 Å². The van der Waals surface area contributed by atoms with Gasteiger partial charge in [-0.1, -0.05) is 43.7 Å². The van der Waals surface area contributed by atoms with Crippen molar-refractivity contribution >= 4 is 17.6 Å². The van der Waals surface area contributed by atoms with Crippen molar-refractivity contribution in [2.24, 2.45) is 11.7 Å². The quantitative estimate of drug-likeness (QED) is 0.429. The molecular weight excluding hydrogens is 462 g/mol. The van der Waals surface area contributed by atoms with Gasteiger partial charge < -0.3 is 20.3 Å². The van der Waals surface area contributed by atoms with Crippen LogP contribution >= 0.6 is 0 Å². The van der Waals surface area contributed by atoms with Crippen molar-refractivity contribution in [2.75, 3.05) is 18.1 Å². The van der Waals surface area contributed by atoms with Crippen LogP contribution in [0.25, 0.3) is 0 Å². The number of anilines is 1. The van der Waals surface area contributed by atoms with Crippen LogP contribution in [-0.2, 0) is 19.7 Å². The molecule has 10 heteroatoms. The minimum absolute atomic E-state index is 0.0240. The van der Waals surface area contributed by atoms with E-state index in [0.717, 1.165) is 24.2 Å². The number of nitrogens with two attached hydrogens (primary N) is 1. The number of hydrogen-bond acceptors (Lipinski definition) is 8. The average Bonchev–Trinajstić information content (AvgIpc) is 3.39. The number of unbranched alkanes of at least 4 members (excludes halogenated alkanes) is 1. The van der Waals surface area contributed by atoms with Crippen LogP contribution in [0.5, 0.6) is 5.75 Å². The summed E-state index contributed by atoms with van der Waals surface area (Å²) in [4.78, 5) is 27.1. The second-order valence-electron chi connectivity index (χ2n) is 9.06. The van der Waals surface area contributed by atoms with Crippen LogP contribution in [0.3, 0.4) is 0 Å². The highest BCUT2D eigenvalue weighted by molar-refractivity contribution is 6.13. The largest absolute Gasteiger partial charge is 0.494 e. The van der Waals surface area contributed by atoms with Crippen molar-refractivity contribution in [3.05, 3.63) is 71.1 Å². The number of nitrogens with one attached hydrogen (secondary N) is 2. The first-order valence-corrected chi connectivity index (χ1v) is 11.9. The predicted octanol–water partition coefficient (Wildman–Crippen LogP) is 2.05. The van der Waals surface area contributed by atoms with Crippen molar-refractivity contribution in [3.8, 4) is 11.8 Å². The first-order chi connectivity index (χ1) is 17.4. The fourth-order valence-electron chi connectivity index (χ4n) is 5.54. The molecule has 3 aliphatic heterocycles. The number of nitriles is 1. The SMILES string of the molecule is CCCCOc1ccc(C2NNC3OC(N)=C(C#N)C4(C(=O)N(CC(=O)O)c5ccccc54)C32)cc1. The van der Waals surface area contributed by atoms with E-state index in [-0.39, 0.29) is 11.5 Å². The molecule has 0 aromatic heterocycles. The summed E-state index contributed by atoms with van der Waals surface area (Å²) in [5.41, 5.74) is 12.7. The number of ether oxygens (including phenoxy) is 2. The van der Waals surface area contributed by atoms with E-state index in [0.29, 0.717) is 17.9 Å². The number of carbonyl (C=O) groups excluding carboxylic acids is 1. The molecule has 186 valence electrons. The Morgan fingerprint density at radius 3 is 2.69 bits per heavy atom. The Balaban J connectivity index is 1.63.